The van der Waals surface area contributed by atoms with E-state index in [-0.39, 0.29) is 5.12 Å². The third-order valence-corrected chi connectivity index (χ3v) is 2.82. The SMILES string of the molecule is C=Nc1cc(SOOO)cc(C(=O)SC)c1. The van der Waals surface area contributed by atoms with E-state index < -0.39 is 0 Å². The first-order chi connectivity index (χ1) is 7.71. The molecule has 5 nitrogen and oxygen atoms in total. The summed E-state index contributed by atoms with van der Waals surface area (Å²) in [4.78, 5) is 15.8. The monoisotopic (exact) mass is 259 g/mol. The van der Waals surface area contributed by atoms with Crippen LogP contribution in [0.15, 0.2) is 28.1 Å². The number of rotatable bonds is 5. The third-order valence-electron chi connectivity index (χ3n) is 1.66. The smallest absolute Gasteiger partial charge is 0.219 e. The maximum atomic E-state index is 11.5. The maximum Gasteiger partial charge on any atom is 0.219 e. The molecule has 0 radical (unpaired) electrons. The van der Waals surface area contributed by atoms with Crippen molar-refractivity contribution in [1.29, 1.82) is 0 Å². The molecule has 0 saturated carbocycles. The summed E-state index contributed by atoms with van der Waals surface area (Å²) in [5, 5.41) is 11.4. The molecule has 0 atom stereocenters. The lowest BCUT2D eigenvalue weighted by Crippen LogP contribution is -1.92. The van der Waals surface area contributed by atoms with Crippen molar-refractivity contribution in [2.75, 3.05) is 6.26 Å². The molecule has 1 aromatic carbocycles. The molecule has 0 saturated heterocycles. The zero-order valence-corrected chi connectivity index (χ0v) is 10.0. The number of hydrogen-bond donors (Lipinski definition) is 1. The normalized spacial score (nSPS) is 10.1. The summed E-state index contributed by atoms with van der Waals surface area (Å²) in [5.74, 6) is 0. The second kappa shape index (κ2) is 6.66. The van der Waals surface area contributed by atoms with Gasteiger partial charge in [0, 0.05) is 10.5 Å². The molecule has 0 aliphatic carbocycles. The molecule has 0 heterocycles. The summed E-state index contributed by atoms with van der Waals surface area (Å²) in [5.41, 5.74) is 1.03. The molecule has 0 aromatic heterocycles. The number of aliphatic imine (C=N–C) groups is 1. The molecular weight excluding hydrogens is 250 g/mol. The Morgan fingerprint density at radius 3 is 2.81 bits per heavy atom. The third kappa shape index (κ3) is 3.62. The molecule has 0 amide bonds. The lowest BCUT2D eigenvalue weighted by atomic mass is 10.2. The van der Waals surface area contributed by atoms with Gasteiger partial charge in [-0.2, -0.15) is 0 Å². The summed E-state index contributed by atoms with van der Waals surface area (Å²) in [6, 6.07) is 4.88. The fourth-order valence-corrected chi connectivity index (χ4v) is 1.82. The van der Waals surface area contributed by atoms with Gasteiger partial charge in [-0.15, -0.1) is 4.33 Å². The first-order valence-electron chi connectivity index (χ1n) is 4.06. The molecule has 0 aliphatic heterocycles. The Hall–Kier alpha value is -0.860. The number of carbonyl (C=O) groups excluding carboxylic acids is 1. The highest BCUT2D eigenvalue weighted by Crippen LogP contribution is 2.27. The van der Waals surface area contributed by atoms with Crippen molar-refractivity contribution >= 4 is 41.3 Å². The molecule has 1 aromatic rings. The fraction of sp³-hybridized carbons (Fsp3) is 0.111. The number of benzene rings is 1. The largest absolute Gasteiger partial charge is 0.282 e. The van der Waals surface area contributed by atoms with Gasteiger partial charge in [-0.25, -0.2) is 5.26 Å². The summed E-state index contributed by atoms with van der Waals surface area (Å²) < 4.78 is 4.28. The van der Waals surface area contributed by atoms with Crippen LogP contribution < -0.4 is 0 Å². The van der Waals surface area contributed by atoms with Gasteiger partial charge in [0.2, 0.25) is 5.12 Å². The Morgan fingerprint density at radius 1 is 1.50 bits per heavy atom. The number of hydrogen-bond acceptors (Lipinski definition) is 7. The minimum atomic E-state index is -0.0859. The van der Waals surface area contributed by atoms with E-state index in [0.29, 0.717) is 16.1 Å². The van der Waals surface area contributed by atoms with Gasteiger partial charge in [0.1, 0.15) is 0 Å². The van der Waals surface area contributed by atoms with Crippen molar-refractivity contribution < 1.29 is 19.4 Å². The van der Waals surface area contributed by atoms with Crippen molar-refractivity contribution in [3.63, 3.8) is 0 Å². The van der Waals surface area contributed by atoms with Gasteiger partial charge >= 0.3 is 0 Å². The first kappa shape index (κ1) is 13.2. The fourth-order valence-electron chi connectivity index (χ4n) is 1.01. The maximum absolute atomic E-state index is 11.5. The van der Waals surface area contributed by atoms with Crippen LogP contribution in [-0.2, 0) is 9.37 Å². The number of nitrogens with zero attached hydrogens (tertiary/aromatic N) is 1. The highest BCUT2D eigenvalue weighted by molar-refractivity contribution is 8.13. The average molecular weight is 259 g/mol. The quantitative estimate of drug-likeness (QED) is 0.379. The van der Waals surface area contributed by atoms with Crippen LogP contribution in [0.4, 0.5) is 5.69 Å². The van der Waals surface area contributed by atoms with Gasteiger partial charge < -0.3 is 0 Å². The summed E-state index contributed by atoms with van der Waals surface area (Å²) in [6.45, 7) is 3.38. The van der Waals surface area contributed by atoms with Crippen LogP contribution in [0.25, 0.3) is 0 Å². The van der Waals surface area contributed by atoms with Gasteiger partial charge in [-0.1, -0.05) is 16.8 Å². The Bertz CT molecular complexity index is 397. The second-order valence-corrected chi connectivity index (χ2v) is 4.14. The lowest BCUT2D eigenvalue weighted by molar-refractivity contribution is -0.432. The predicted octanol–water partition coefficient (Wildman–Crippen LogP) is 2.95. The van der Waals surface area contributed by atoms with Crippen LogP contribution in [0.1, 0.15) is 10.4 Å². The standard InChI is InChI=1S/C9H9NO4S2/c1-10-7-3-6(9(11)15-2)4-8(5-7)16-14-13-12/h3-5,12H,1H2,2H3. The second-order valence-electron chi connectivity index (χ2n) is 2.59. The minimum Gasteiger partial charge on any atom is -0.282 e. The minimum absolute atomic E-state index is 0.0859. The summed E-state index contributed by atoms with van der Waals surface area (Å²) in [7, 11) is 0. The zero-order chi connectivity index (χ0) is 12.0. The molecule has 0 spiro atoms. The van der Waals surface area contributed by atoms with E-state index in [1.54, 1.807) is 24.5 Å². The molecule has 0 unspecified atom stereocenters. The molecular formula is C9H9NO4S2. The van der Waals surface area contributed by atoms with Crippen molar-refractivity contribution in [1.82, 2.24) is 0 Å². The van der Waals surface area contributed by atoms with E-state index in [1.165, 1.54) is 0 Å². The molecule has 86 valence electrons. The average Bonchev–Trinajstić information content (AvgIpc) is 2.34. The number of thioether (sulfide) groups is 1. The molecule has 0 aliphatic rings. The van der Waals surface area contributed by atoms with E-state index in [4.69, 9.17) is 5.26 Å². The zero-order valence-electron chi connectivity index (χ0n) is 8.37. The van der Waals surface area contributed by atoms with E-state index >= 15 is 0 Å². The molecule has 1 rings (SSSR count). The Balaban J connectivity index is 3.00. The van der Waals surface area contributed by atoms with Crippen LogP contribution >= 0.6 is 23.8 Å². The lowest BCUT2D eigenvalue weighted by Gasteiger charge is -2.03. The van der Waals surface area contributed by atoms with Crippen LogP contribution in [0.3, 0.4) is 0 Å². The van der Waals surface area contributed by atoms with Crippen molar-refractivity contribution in [3.05, 3.63) is 23.8 Å². The molecule has 1 N–H and O–H groups in total. The van der Waals surface area contributed by atoms with Crippen LogP contribution in [-0.4, -0.2) is 23.3 Å². The van der Waals surface area contributed by atoms with Crippen molar-refractivity contribution in [2.24, 2.45) is 4.99 Å². The summed E-state index contributed by atoms with van der Waals surface area (Å²) in [6.07, 6.45) is 1.69. The molecule has 16 heavy (non-hydrogen) atoms. The molecule has 0 bridgehead atoms. The topological polar surface area (TPSA) is 68.1 Å². The van der Waals surface area contributed by atoms with Crippen LogP contribution in [0, 0.1) is 0 Å². The number of carbonyl (C=O) groups is 1. The van der Waals surface area contributed by atoms with E-state index in [1.807, 2.05) is 0 Å². The Morgan fingerprint density at radius 2 is 2.25 bits per heavy atom. The van der Waals surface area contributed by atoms with Gasteiger partial charge in [0.15, 0.2) is 0 Å². The van der Waals surface area contributed by atoms with Gasteiger partial charge in [-0.05, 0) is 31.2 Å². The summed E-state index contributed by atoms with van der Waals surface area (Å²) >= 11 is 1.87. The Labute approximate surface area is 101 Å². The van der Waals surface area contributed by atoms with Crippen LogP contribution in [0.2, 0.25) is 0 Å². The van der Waals surface area contributed by atoms with E-state index in [0.717, 1.165) is 23.8 Å². The van der Waals surface area contributed by atoms with E-state index in [9.17, 15) is 4.79 Å². The highest BCUT2D eigenvalue weighted by atomic mass is 32.2. The van der Waals surface area contributed by atoms with Crippen molar-refractivity contribution in [3.8, 4) is 0 Å². The van der Waals surface area contributed by atoms with Gasteiger partial charge in [0.25, 0.3) is 0 Å². The van der Waals surface area contributed by atoms with Crippen molar-refractivity contribution in [2.45, 2.75) is 4.90 Å². The highest BCUT2D eigenvalue weighted by Gasteiger charge is 2.08. The predicted molar refractivity (Wildman–Crippen MR) is 64.2 cm³/mol. The first-order valence-corrected chi connectivity index (χ1v) is 6.02. The van der Waals surface area contributed by atoms with Crippen LogP contribution in [0.5, 0.6) is 0 Å². The van der Waals surface area contributed by atoms with E-state index in [2.05, 4.69) is 21.1 Å². The van der Waals surface area contributed by atoms with Gasteiger partial charge in [-0.3, -0.25) is 9.79 Å². The molecule has 7 heteroatoms. The Kier molecular flexibility index (Phi) is 5.50. The molecule has 0 fully saturated rings. The van der Waals surface area contributed by atoms with Gasteiger partial charge in [0.05, 0.1) is 17.7 Å².